The average molecular weight is 310 g/mol. The van der Waals surface area contributed by atoms with Crippen molar-refractivity contribution < 1.29 is 9.94 Å². The first-order chi connectivity index (χ1) is 10.6. The van der Waals surface area contributed by atoms with Crippen LogP contribution in [0.1, 0.15) is 32.1 Å². The Labute approximate surface area is 127 Å². The molecular weight excluding hydrogens is 288 g/mol. The molecule has 1 aliphatic carbocycles. The zero-order valence-electron chi connectivity index (χ0n) is 12.7. The second-order valence-electron chi connectivity index (χ2n) is 5.80. The van der Waals surface area contributed by atoms with Crippen LogP contribution in [0.3, 0.4) is 0 Å². The van der Waals surface area contributed by atoms with Gasteiger partial charge in [-0.05, 0) is 19.3 Å². The number of hydrogen-bond donors (Lipinski definition) is 2. The number of nitrogens with one attached hydrogen (secondary N) is 1. The normalized spacial score (nSPS) is 17.8. The van der Waals surface area contributed by atoms with Gasteiger partial charge in [-0.1, -0.05) is 12.8 Å². The van der Waals surface area contributed by atoms with E-state index in [4.69, 9.17) is 9.94 Å². The van der Waals surface area contributed by atoms with Gasteiger partial charge < -0.3 is 10.4 Å². The highest BCUT2D eigenvalue weighted by molar-refractivity contribution is 5.68. The molecule has 1 aliphatic heterocycles. The van der Waals surface area contributed by atoms with Crippen LogP contribution < -0.4 is 21.6 Å². The Hall–Kier alpha value is -1.80. The SMILES string of the molecule is Cn1c2c(c(=O)n(CCCO)c1=O)NCN2OC1CCCC1. The molecule has 3 rings (SSSR count). The third kappa shape index (κ3) is 2.52. The van der Waals surface area contributed by atoms with E-state index in [0.717, 1.165) is 30.3 Å². The summed E-state index contributed by atoms with van der Waals surface area (Å²) in [7, 11) is 1.63. The first-order valence-corrected chi connectivity index (χ1v) is 7.76. The number of aliphatic hydroxyl groups is 1. The van der Waals surface area contributed by atoms with Crippen molar-refractivity contribution in [3.8, 4) is 0 Å². The van der Waals surface area contributed by atoms with Crippen molar-refractivity contribution in [1.82, 2.24) is 9.13 Å². The van der Waals surface area contributed by atoms with Gasteiger partial charge in [0.1, 0.15) is 12.4 Å². The number of hydrogen-bond acceptors (Lipinski definition) is 6. The van der Waals surface area contributed by atoms with Gasteiger partial charge in [0.05, 0.1) is 6.10 Å². The third-order valence-corrected chi connectivity index (χ3v) is 4.27. The molecule has 0 spiro atoms. The standard InChI is InChI=1S/C14H22N4O4/c1-16-12-11(13(20)17(14(16)21)7-4-8-19)15-9-18(12)22-10-5-2-3-6-10/h10,15,19H,2-9H2,1H3. The number of nitrogens with zero attached hydrogens (tertiary/aromatic N) is 3. The number of rotatable bonds is 5. The first kappa shape index (κ1) is 15.1. The Morgan fingerprint density at radius 1 is 1.32 bits per heavy atom. The Kier molecular flexibility index (Phi) is 4.21. The summed E-state index contributed by atoms with van der Waals surface area (Å²) in [5, 5.41) is 13.5. The smallest absolute Gasteiger partial charge is 0.332 e. The molecular formula is C14H22N4O4. The molecule has 1 aromatic rings. The van der Waals surface area contributed by atoms with Gasteiger partial charge in [0, 0.05) is 20.2 Å². The molecule has 0 atom stereocenters. The molecule has 0 amide bonds. The molecule has 2 heterocycles. The summed E-state index contributed by atoms with van der Waals surface area (Å²) in [6.07, 6.45) is 4.84. The molecule has 8 heteroatoms. The molecule has 8 nitrogen and oxygen atoms in total. The summed E-state index contributed by atoms with van der Waals surface area (Å²) in [4.78, 5) is 30.8. The van der Waals surface area contributed by atoms with E-state index in [1.54, 1.807) is 12.1 Å². The number of fused-ring (bicyclic) bond motifs is 1. The minimum Gasteiger partial charge on any atom is -0.396 e. The lowest BCUT2D eigenvalue weighted by molar-refractivity contribution is 0.0401. The van der Waals surface area contributed by atoms with Gasteiger partial charge >= 0.3 is 5.69 Å². The molecule has 122 valence electrons. The lowest BCUT2D eigenvalue weighted by Crippen LogP contribution is -2.41. The first-order valence-electron chi connectivity index (χ1n) is 7.76. The fourth-order valence-corrected chi connectivity index (χ4v) is 3.12. The molecule has 2 N–H and O–H groups in total. The van der Waals surface area contributed by atoms with Crippen LogP contribution in [0.5, 0.6) is 0 Å². The predicted molar refractivity (Wildman–Crippen MR) is 82.0 cm³/mol. The van der Waals surface area contributed by atoms with Gasteiger partial charge in [0.25, 0.3) is 5.56 Å². The Morgan fingerprint density at radius 2 is 2.05 bits per heavy atom. The monoisotopic (exact) mass is 310 g/mol. The summed E-state index contributed by atoms with van der Waals surface area (Å²) in [6, 6.07) is 0. The maximum Gasteiger partial charge on any atom is 0.332 e. The van der Waals surface area contributed by atoms with E-state index in [1.807, 2.05) is 0 Å². The molecule has 1 aromatic heterocycles. The zero-order valence-corrected chi connectivity index (χ0v) is 12.7. The van der Waals surface area contributed by atoms with E-state index >= 15 is 0 Å². The number of aromatic nitrogens is 2. The summed E-state index contributed by atoms with van der Waals surface area (Å²) in [6.45, 7) is 0.510. The van der Waals surface area contributed by atoms with Crippen LogP contribution in [0.15, 0.2) is 9.59 Å². The quantitative estimate of drug-likeness (QED) is 0.795. The van der Waals surface area contributed by atoms with Crippen LogP contribution in [-0.2, 0) is 18.4 Å². The van der Waals surface area contributed by atoms with E-state index in [9.17, 15) is 9.59 Å². The highest BCUT2D eigenvalue weighted by atomic mass is 16.7. The van der Waals surface area contributed by atoms with Gasteiger partial charge in [-0.3, -0.25) is 18.8 Å². The van der Waals surface area contributed by atoms with E-state index in [-0.39, 0.29) is 30.5 Å². The molecule has 0 saturated heterocycles. The molecule has 22 heavy (non-hydrogen) atoms. The van der Waals surface area contributed by atoms with Crippen LogP contribution >= 0.6 is 0 Å². The predicted octanol–water partition coefficient (Wildman–Crippen LogP) is -0.00700. The summed E-state index contributed by atoms with van der Waals surface area (Å²) >= 11 is 0. The van der Waals surface area contributed by atoms with Crippen molar-refractivity contribution in [1.29, 1.82) is 0 Å². The minimum atomic E-state index is -0.388. The average Bonchev–Trinajstić information content (AvgIpc) is 3.15. The largest absolute Gasteiger partial charge is 0.396 e. The van der Waals surface area contributed by atoms with E-state index < -0.39 is 0 Å². The summed E-state index contributed by atoms with van der Waals surface area (Å²) < 4.78 is 2.59. The Balaban J connectivity index is 1.94. The molecule has 1 saturated carbocycles. The fourth-order valence-electron chi connectivity index (χ4n) is 3.12. The highest BCUT2D eigenvalue weighted by Crippen LogP contribution is 2.30. The maximum absolute atomic E-state index is 12.4. The third-order valence-electron chi connectivity index (χ3n) is 4.27. The van der Waals surface area contributed by atoms with Crippen LogP contribution in [0.25, 0.3) is 0 Å². The second kappa shape index (κ2) is 6.13. The Morgan fingerprint density at radius 3 is 2.73 bits per heavy atom. The lowest BCUT2D eigenvalue weighted by atomic mass is 10.3. The van der Waals surface area contributed by atoms with Crippen molar-refractivity contribution in [2.24, 2.45) is 7.05 Å². The summed E-state index contributed by atoms with van der Waals surface area (Å²) in [5.74, 6) is 0.488. The lowest BCUT2D eigenvalue weighted by Gasteiger charge is -2.23. The van der Waals surface area contributed by atoms with Gasteiger partial charge in [-0.25, -0.2) is 9.86 Å². The second-order valence-corrected chi connectivity index (χ2v) is 5.80. The van der Waals surface area contributed by atoms with Crippen molar-refractivity contribution in [2.75, 3.05) is 23.7 Å². The van der Waals surface area contributed by atoms with Crippen molar-refractivity contribution >= 4 is 11.5 Å². The minimum absolute atomic E-state index is 0.0585. The van der Waals surface area contributed by atoms with Crippen LogP contribution in [-0.4, -0.2) is 33.6 Å². The molecule has 2 aliphatic rings. The van der Waals surface area contributed by atoms with E-state index in [0.29, 0.717) is 24.6 Å². The molecule has 0 radical (unpaired) electrons. The molecule has 0 aromatic carbocycles. The molecule has 0 unspecified atom stereocenters. The van der Waals surface area contributed by atoms with Crippen molar-refractivity contribution in [2.45, 2.75) is 44.8 Å². The zero-order chi connectivity index (χ0) is 15.7. The Bertz CT molecular complexity index is 660. The van der Waals surface area contributed by atoms with Crippen LogP contribution in [0.2, 0.25) is 0 Å². The molecule has 1 fully saturated rings. The van der Waals surface area contributed by atoms with Crippen molar-refractivity contribution in [3.05, 3.63) is 20.8 Å². The number of anilines is 2. The van der Waals surface area contributed by atoms with E-state index in [1.165, 1.54) is 4.57 Å². The number of aliphatic hydroxyl groups excluding tert-OH is 1. The van der Waals surface area contributed by atoms with Crippen LogP contribution in [0.4, 0.5) is 11.5 Å². The fraction of sp³-hybridized carbons (Fsp3) is 0.714. The van der Waals surface area contributed by atoms with Crippen LogP contribution in [0, 0.1) is 0 Å². The topological polar surface area (TPSA) is 88.7 Å². The van der Waals surface area contributed by atoms with Gasteiger partial charge in [-0.15, -0.1) is 0 Å². The molecule has 0 bridgehead atoms. The summed E-state index contributed by atoms with van der Waals surface area (Å²) in [5.41, 5.74) is -0.358. The highest BCUT2D eigenvalue weighted by Gasteiger charge is 2.30. The maximum atomic E-state index is 12.4. The van der Waals surface area contributed by atoms with Gasteiger partial charge in [0.15, 0.2) is 5.82 Å². The van der Waals surface area contributed by atoms with Gasteiger partial charge in [-0.2, -0.15) is 0 Å². The van der Waals surface area contributed by atoms with E-state index in [2.05, 4.69) is 5.32 Å². The van der Waals surface area contributed by atoms with Gasteiger partial charge in [0.2, 0.25) is 0 Å². The number of hydroxylamine groups is 1. The van der Waals surface area contributed by atoms with Crippen molar-refractivity contribution in [3.63, 3.8) is 0 Å².